The molecule has 0 bridgehead atoms. The fraction of sp³-hybridized carbons (Fsp3) is 0.833. The summed E-state index contributed by atoms with van der Waals surface area (Å²) in [6.45, 7) is 5.98. The second-order valence-corrected chi connectivity index (χ2v) is 5.60. The first-order valence-corrected chi connectivity index (χ1v) is 6.03. The topological polar surface area (TPSA) is 84.9 Å². The van der Waals surface area contributed by atoms with E-state index in [2.05, 4.69) is 5.32 Å². The molecule has 0 aromatic heterocycles. The van der Waals surface area contributed by atoms with E-state index in [-0.39, 0.29) is 13.2 Å². The van der Waals surface area contributed by atoms with Crippen LogP contribution in [-0.4, -0.2) is 42.5 Å². The van der Waals surface area contributed by atoms with Crippen LogP contribution in [0.1, 0.15) is 33.6 Å². The van der Waals surface area contributed by atoms with Crippen molar-refractivity contribution in [3.05, 3.63) is 0 Å². The lowest BCUT2D eigenvalue weighted by Crippen LogP contribution is -2.49. The zero-order valence-electron chi connectivity index (χ0n) is 11.1. The first-order valence-electron chi connectivity index (χ1n) is 6.03. The third-order valence-electron chi connectivity index (χ3n) is 2.75. The average molecular weight is 259 g/mol. The van der Waals surface area contributed by atoms with Gasteiger partial charge >= 0.3 is 12.1 Å². The van der Waals surface area contributed by atoms with Crippen LogP contribution in [0.25, 0.3) is 0 Å². The molecule has 1 aliphatic rings. The molecule has 104 valence electrons. The quantitative estimate of drug-likeness (QED) is 0.800. The molecule has 1 heterocycles. The molecule has 1 saturated heterocycles. The van der Waals surface area contributed by atoms with Crippen molar-refractivity contribution >= 4 is 12.1 Å². The molecule has 6 nitrogen and oxygen atoms in total. The van der Waals surface area contributed by atoms with E-state index in [4.69, 9.17) is 9.47 Å². The Hall–Kier alpha value is -1.30. The summed E-state index contributed by atoms with van der Waals surface area (Å²) in [4.78, 5) is 22.8. The monoisotopic (exact) mass is 259 g/mol. The van der Waals surface area contributed by atoms with Crippen LogP contribution in [0.15, 0.2) is 0 Å². The smallest absolute Gasteiger partial charge is 0.407 e. The Labute approximate surface area is 107 Å². The van der Waals surface area contributed by atoms with Gasteiger partial charge in [0.2, 0.25) is 0 Å². The summed E-state index contributed by atoms with van der Waals surface area (Å²) < 4.78 is 10.3. The zero-order valence-corrected chi connectivity index (χ0v) is 11.1. The van der Waals surface area contributed by atoms with Gasteiger partial charge in [0.1, 0.15) is 11.0 Å². The molecule has 0 aromatic rings. The van der Waals surface area contributed by atoms with Gasteiger partial charge in [0, 0.05) is 13.2 Å². The third-order valence-corrected chi connectivity index (χ3v) is 2.75. The van der Waals surface area contributed by atoms with E-state index in [1.807, 2.05) is 0 Å². The maximum Gasteiger partial charge on any atom is 0.407 e. The van der Waals surface area contributed by atoms with Crippen LogP contribution >= 0.6 is 0 Å². The predicted octanol–water partition coefficient (Wildman–Crippen LogP) is 1.39. The first kappa shape index (κ1) is 14.8. The van der Waals surface area contributed by atoms with Crippen LogP contribution in [0, 0.1) is 5.41 Å². The molecule has 1 rings (SSSR count). The molecule has 0 aromatic carbocycles. The van der Waals surface area contributed by atoms with Gasteiger partial charge in [-0.25, -0.2) is 4.79 Å². The highest BCUT2D eigenvalue weighted by atomic mass is 16.6. The van der Waals surface area contributed by atoms with Crippen LogP contribution in [0.5, 0.6) is 0 Å². The van der Waals surface area contributed by atoms with Crippen LogP contribution in [-0.2, 0) is 14.3 Å². The number of carboxylic acid groups (broad SMARTS) is 1. The zero-order chi connectivity index (χ0) is 13.8. The molecule has 0 saturated carbocycles. The molecule has 6 heteroatoms. The number of alkyl carbamates (subject to hydrolysis) is 1. The van der Waals surface area contributed by atoms with Crippen molar-refractivity contribution in [3.8, 4) is 0 Å². The van der Waals surface area contributed by atoms with Crippen molar-refractivity contribution in [1.29, 1.82) is 0 Å². The van der Waals surface area contributed by atoms with Crippen molar-refractivity contribution in [2.24, 2.45) is 5.41 Å². The first-order chi connectivity index (χ1) is 8.25. The molecule has 1 atom stereocenters. The average Bonchev–Trinajstić information content (AvgIpc) is 2.25. The van der Waals surface area contributed by atoms with Crippen molar-refractivity contribution in [1.82, 2.24) is 5.32 Å². The maximum atomic E-state index is 11.5. The SMILES string of the molecule is CC(C)(C)OC(=O)NC[C@@]1(C(=O)O)CCCOC1. The second kappa shape index (κ2) is 5.56. The summed E-state index contributed by atoms with van der Waals surface area (Å²) in [6, 6.07) is 0. The molecule has 1 fully saturated rings. The van der Waals surface area contributed by atoms with E-state index in [9.17, 15) is 14.7 Å². The lowest BCUT2D eigenvalue weighted by molar-refractivity contribution is -0.156. The standard InChI is InChI=1S/C12H21NO5/c1-11(2,3)18-10(16)13-7-12(9(14)15)5-4-6-17-8-12/h4-8H2,1-3H3,(H,13,16)(H,14,15)/t12-/m0/s1. The summed E-state index contributed by atoms with van der Waals surface area (Å²) in [5.74, 6) is -0.946. The summed E-state index contributed by atoms with van der Waals surface area (Å²) in [6.07, 6.45) is 0.578. The summed E-state index contributed by atoms with van der Waals surface area (Å²) in [5.41, 5.74) is -1.63. The van der Waals surface area contributed by atoms with E-state index in [1.54, 1.807) is 20.8 Å². The minimum atomic E-state index is -1.03. The second-order valence-electron chi connectivity index (χ2n) is 5.60. The van der Waals surface area contributed by atoms with Gasteiger partial charge in [-0.3, -0.25) is 4.79 Å². The van der Waals surface area contributed by atoms with Crippen LogP contribution in [0.3, 0.4) is 0 Å². The Bertz CT molecular complexity index is 315. The lowest BCUT2D eigenvalue weighted by atomic mass is 9.82. The molecule has 0 radical (unpaired) electrons. The number of amides is 1. The minimum Gasteiger partial charge on any atom is -0.481 e. The number of aliphatic carboxylic acids is 1. The van der Waals surface area contributed by atoms with E-state index in [0.29, 0.717) is 19.4 Å². The highest BCUT2D eigenvalue weighted by molar-refractivity contribution is 5.76. The fourth-order valence-electron chi connectivity index (χ4n) is 1.79. The molecule has 0 unspecified atom stereocenters. The van der Waals surface area contributed by atoms with Crippen molar-refractivity contribution < 1.29 is 24.2 Å². The molecule has 0 aliphatic carbocycles. The Morgan fingerprint density at radius 2 is 2.11 bits per heavy atom. The fourth-order valence-corrected chi connectivity index (χ4v) is 1.79. The lowest BCUT2D eigenvalue weighted by Gasteiger charge is -2.33. The Kier molecular flexibility index (Phi) is 4.56. The maximum absolute atomic E-state index is 11.5. The van der Waals surface area contributed by atoms with Gasteiger partial charge in [-0.05, 0) is 33.6 Å². The summed E-state index contributed by atoms with van der Waals surface area (Å²) in [7, 11) is 0. The number of carbonyl (C=O) groups excluding carboxylic acids is 1. The molecule has 18 heavy (non-hydrogen) atoms. The molecule has 1 aliphatic heterocycles. The molecule has 2 N–H and O–H groups in total. The van der Waals surface area contributed by atoms with Crippen LogP contribution in [0.2, 0.25) is 0 Å². The number of hydrogen-bond acceptors (Lipinski definition) is 4. The van der Waals surface area contributed by atoms with Gasteiger partial charge in [-0.1, -0.05) is 0 Å². The number of nitrogens with one attached hydrogen (secondary N) is 1. The normalized spacial score (nSPS) is 24.4. The van der Waals surface area contributed by atoms with Gasteiger partial charge in [0.05, 0.1) is 6.61 Å². The summed E-state index contributed by atoms with van der Waals surface area (Å²) >= 11 is 0. The predicted molar refractivity (Wildman–Crippen MR) is 64.4 cm³/mol. The molecular weight excluding hydrogens is 238 g/mol. The van der Waals surface area contributed by atoms with Gasteiger partial charge in [-0.2, -0.15) is 0 Å². The highest BCUT2D eigenvalue weighted by Gasteiger charge is 2.41. The number of carboxylic acids is 1. The number of rotatable bonds is 3. The van der Waals surface area contributed by atoms with Gasteiger partial charge in [0.15, 0.2) is 0 Å². The summed E-state index contributed by atoms with van der Waals surface area (Å²) in [5, 5.41) is 11.8. The number of carbonyl (C=O) groups is 2. The molecular formula is C12H21NO5. The van der Waals surface area contributed by atoms with E-state index < -0.39 is 23.1 Å². The highest BCUT2D eigenvalue weighted by Crippen LogP contribution is 2.28. The van der Waals surface area contributed by atoms with E-state index in [0.717, 1.165) is 0 Å². The number of hydrogen-bond donors (Lipinski definition) is 2. The van der Waals surface area contributed by atoms with E-state index >= 15 is 0 Å². The van der Waals surface area contributed by atoms with E-state index in [1.165, 1.54) is 0 Å². The molecule has 0 spiro atoms. The van der Waals surface area contributed by atoms with Gasteiger partial charge < -0.3 is 19.9 Å². The van der Waals surface area contributed by atoms with Gasteiger partial charge in [0.25, 0.3) is 0 Å². The largest absolute Gasteiger partial charge is 0.481 e. The Balaban J connectivity index is 2.53. The minimum absolute atomic E-state index is 0.0250. The van der Waals surface area contributed by atoms with Gasteiger partial charge in [-0.15, -0.1) is 0 Å². The van der Waals surface area contributed by atoms with Crippen molar-refractivity contribution in [2.45, 2.75) is 39.2 Å². The van der Waals surface area contributed by atoms with Crippen molar-refractivity contribution in [2.75, 3.05) is 19.8 Å². The Morgan fingerprint density at radius 3 is 2.56 bits per heavy atom. The van der Waals surface area contributed by atoms with Crippen molar-refractivity contribution in [3.63, 3.8) is 0 Å². The Morgan fingerprint density at radius 1 is 1.44 bits per heavy atom. The number of ether oxygens (including phenoxy) is 2. The van der Waals surface area contributed by atoms with Crippen LogP contribution in [0.4, 0.5) is 4.79 Å². The van der Waals surface area contributed by atoms with Crippen LogP contribution < -0.4 is 5.32 Å². The molecule has 1 amide bonds. The third kappa shape index (κ3) is 4.18.